The highest BCUT2D eigenvalue weighted by Gasteiger charge is 2.08. The van der Waals surface area contributed by atoms with E-state index in [2.05, 4.69) is 24.8 Å². The number of hydrogen-bond donors (Lipinski definition) is 1. The molecule has 0 saturated heterocycles. The summed E-state index contributed by atoms with van der Waals surface area (Å²) in [6, 6.07) is 2.00. The van der Waals surface area contributed by atoms with E-state index in [1.54, 1.807) is 12.5 Å². The number of aromatic nitrogens is 5. The maximum atomic E-state index is 4.35. The van der Waals surface area contributed by atoms with E-state index in [0.717, 1.165) is 29.9 Å². The minimum absolute atomic E-state index is 0.869. The predicted molar refractivity (Wildman–Crippen MR) is 69.4 cm³/mol. The first-order chi connectivity index (χ1) is 8.84. The van der Waals surface area contributed by atoms with Crippen LogP contribution in [-0.2, 0) is 6.54 Å². The third-order valence-corrected chi connectivity index (χ3v) is 2.95. The van der Waals surface area contributed by atoms with Gasteiger partial charge in [0.25, 0.3) is 0 Å². The number of hydrogen-bond acceptors (Lipinski definition) is 4. The molecule has 0 spiro atoms. The second kappa shape index (κ2) is 4.48. The van der Waals surface area contributed by atoms with E-state index in [1.807, 2.05) is 36.4 Å². The first-order valence-electron chi connectivity index (χ1n) is 5.79. The van der Waals surface area contributed by atoms with Crippen LogP contribution in [0.4, 0.5) is 5.82 Å². The van der Waals surface area contributed by atoms with Gasteiger partial charge in [0.2, 0.25) is 0 Å². The quantitative estimate of drug-likeness (QED) is 0.749. The second-order valence-corrected chi connectivity index (χ2v) is 4.16. The number of anilines is 1. The predicted octanol–water partition coefficient (Wildman–Crippen LogP) is 1.29. The molecular weight excluding hydrogens is 228 g/mol. The highest BCUT2D eigenvalue weighted by molar-refractivity contribution is 5.87. The first-order valence-corrected chi connectivity index (χ1v) is 5.79. The summed E-state index contributed by atoms with van der Waals surface area (Å²) >= 11 is 0. The number of nitrogens with zero attached hydrogens (tertiary/aromatic N) is 5. The number of rotatable bonds is 4. The van der Waals surface area contributed by atoms with Crippen molar-refractivity contribution in [3.63, 3.8) is 0 Å². The molecule has 3 aromatic heterocycles. The summed E-state index contributed by atoms with van der Waals surface area (Å²) < 4.78 is 2.05. The van der Waals surface area contributed by atoms with Crippen LogP contribution in [-0.4, -0.2) is 38.1 Å². The van der Waals surface area contributed by atoms with Gasteiger partial charge in [0.15, 0.2) is 0 Å². The van der Waals surface area contributed by atoms with Crippen molar-refractivity contribution < 1.29 is 0 Å². The SMILES string of the molecule is CN(CCn1ccnc1)c1ncnc2[nH]ccc12. The molecular formula is C12H14N6. The standard InChI is InChI=1S/C12H14N6/c1-17(6-7-18-5-4-13-9-18)12-10-2-3-14-11(10)15-8-16-12/h2-5,8-9H,6-7H2,1H3,(H,14,15,16). The molecule has 0 unspecified atom stereocenters. The molecule has 1 N–H and O–H groups in total. The molecule has 6 heteroatoms. The fraction of sp³-hybridized carbons (Fsp3) is 0.250. The van der Waals surface area contributed by atoms with Crippen LogP contribution in [0.5, 0.6) is 0 Å². The molecule has 0 aromatic carbocycles. The van der Waals surface area contributed by atoms with Gasteiger partial charge in [-0.2, -0.15) is 0 Å². The Balaban J connectivity index is 1.79. The molecule has 3 rings (SSSR count). The lowest BCUT2D eigenvalue weighted by atomic mass is 10.3. The van der Waals surface area contributed by atoms with Crippen LogP contribution in [0.1, 0.15) is 0 Å². The Hall–Kier alpha value is -2.37. The number of fused-ring (bicyclic) bond motifs is 1. The summed E-state index contributed by atoms with van der Waals surface area (Å²) in [5, 5.41) is 1.05. The van der Waals surface area contributed by atoms with E-state index in [1.165, 1.54) is 0 Å². The van der Waals surface area contributed by atoms with Gasteiger partial charge in [0, 0.05) is 38.7 Å². The summed E-state index contributed by atoms with van der Waals surface area (Å²) in [4.78, 5) is 17.8. The largest absolute Gasteiger partial charge is 0.357 e. The number of nitrogens with one attached hydrogen (secondary N) is 1. The molecule has 0 radical (unpaired) electrons. The van der Waals surface area contributed by atoms with Crippen molar-refractivity contribution in [2.75, 3.05) is 18.5 Å². The lowest BCUT2D eigenvalue weighted by molar-refractivity contribution is 0.681. The normalized spacial score (nSPS) is 10.9. The van der Waals surface area contributed by atoms with Gasteiger partial charge in [-0.15, -0.1) is 0 Å². The molecule has 0 fully saturated rings. The van der Waals surface area contributed by atoms with Crippen LogP contribution in [0.15, 0.2) is 37.3 Å². The van der Waals surface area contributed by atoms with Gasteiger partial charge in [-0.05, 0) is 6.07 Å². The van der Waals surface area contributed by atoms with E-state index in [4.69, 9.17) is 0 Å². The zero-order valence-electron chi connectivity index (χ0n) is 10.1. The molecule has 0 aliphatic heterocycles. The zero-order chi connectivity index (χ0) is 12.4. The van der Waals surface area contributed by atoms with Crippen molar-refractivity contribution >= 4 is 16.9 Å². The van der Waals surface area contributed by atoms with Crippen molar-refractivity contribution in [3.8, 4) is 0 Å². The van der Waals surface area contributed by atoms with E-state index in [0.29, 0.717) is 0 Å². The van der Waals surface area contributed by atoms with Crippen molar-refractivity contribution in [2.45, 2.75) is 6.54 Å². The van der Waals surface area contributed by atoms with Crippen molar-refractivity contribution in [2.24, 2.45) is 0 Å². The van der Waals surface area contributed by atoms with E-state index in [-0.39, 0.29) is 0 Å². The van der Waals surface area contributed by atoms with Crippen LogP contribution in [0.3, 0.4) is 0 Å². The van der Waals surface area contributed by atoms with E-state index < -0.39 is 0 Å². The minimum atomic E-state index is 0.869. The summed E-state index contributed by atoms with van der Waals surface area (Å²) in [7, 11) is 2.03. The molecule has 0 atom stereocenters. The molecule has 3 aromatic rings. The van der Waals surface area contributed by atoms with Gasteiger partial charge in [-0.1, -0.05) is 0 Å². The van der Waals surface area contributed by atoms with Gasteiger partial charge >= 0.3 is 0 Å². The fourth-order valence-electron chi connectivity index (χ4n) is 1.95. The molecule has 18 heavy (non-hydrogen) atoms. The van der Waals surface area contributed by atoms with Crippen LogP contribution in [0.25, 0.3) is 11.0 Å². The average Bonchev–Trinajstić information content (AvgIpc) is 3.05. The Morgan fingerprint density at radius 2 is 2.33 bits per heavy atom. The molecule has 3 heterocycles. The van der Waals surface area contributed by atoms with Crippen LogP contribution in [0.2, 0.25) is 0 Å². The zero-order valence-corrected chi connectivity index (χ0v) is 10.1. The minimum Gasteiger partial charge on any atom is -0.357 e. The number of likely N-dealkylation sites (N-methyl/N-ethyl adjacent to an activating group) is 1. The Kier molecular flexibility index (Phi) is 2.68. The molecule has 92 valence electrons. The lowest BCUT2D eigenvalue weighted by Gasteiger charge is -2.18. The van der Waals surface area contributed by atoms with E-state index in [9.17, 15) is 0 Å². The van der Waals surface area contributed by atoms with Crippen LogP contribution < -0.4 is 4.90 Å². The number of H-pyrrole nitrogens is 1. The van der Waals surface area contributed by atoms with Crippen molar-refractivity contribution in [3.05, 3.63) is 37.3 Å². The molecule has 0 bridgehead atoms. The summed E-state index contributed by atoms with van der Waals surface area (Å²) in [5.41, 5.74) is 0.870. The number of aromatic amines is 1. The topological polar surface area (TPSA) is 62.6 Å². The molecule has 0 aliphatic carbocycles. The Morgan fingerprint density at radius 3 is 3.17 bits per heavy atom. The highest BCUT2D eigenvalue weighted by Crippen LogP contribution is 2.20. The average molecular weight is 242 g/mol. The number of imidazole rings is 1. The van der Waals surface area contributed by atoms with Crippen LogP contribution in [0, 0.1) is 0 Å². The smallest absolute Gasteiger partial charge is 0.142 e. The Bertz CT molecular complexity index is 627. The van der Waals surface area contributed by atoms with Crippen LogP contribution >= 0.6 is 0 Å². The van der Waals surface area contributed by atoms with Crippen molar-refractivity contribution in [1.82, 2.24) is 24.5 Å². The maximum absolute atomic E-state index is 4.35. The fourth-order valence-corrected chi connectivity index (χ4v) is 1.95. The molecule has 6 nitrogen and oxygen atoms in total. The van der Waals surface area contributed by atoms with Gasteiger partial charge in [0.05, 0.1) is 11.7 Å². The molecule has 0 saturated carbocycles. The summed E-state index contributed by atoms with van der Waals surface area (Å²) in [6.45, 7) is 1.75. The first kappa shape index (κ1) is 10.8. The van der Waals surface area contributed by atoms with Gasteiger partial charge in [-0.25, -0.2) is 15.0 Å². The van der Waals surface area contributed by atoms with Gasteiger partial charge in [0.1, 0.15) is 17.8 Å². The lowest BCUT2D eigenvalue weighted by Crippen LogP contribution is -2.23. The summed E-state index contributed by atoms with van der Waals surface area (Å²) in [6.07, 6.45) is 9.03. The van der Waals surface area contributed by atoms with Gasteiger partial charge < -0.3 is 14.5 Å². The Morgan fingerprint density at radius 1 is 1.39 bits per heavy atom. The summed E-state index contributed by atoms with van der Waals surface area (Å²) in [5.74, 6) is 0.946. The highest BCUT2D eigenvalue weighted by atomic mass is 15.2. The third-order valence-electron chi connectivity index (χ3n) is 2.95. The molecule has 0 amide bonds. The Labute approximate surface area is 104 Å². The third kappa shape index (κ3) is 1.92. The van der Waals surface area contributed by atoms with Gasteiger partial charge in [-0.3, -0.25) is 0 Å². The second-order valence-electron chi connectivity index (χ2n) is 4.16. The monoisotopic (exact) mass is 242 g/mol. The maximum Gasteiger partial charge on any atom is 0.142 e. The van der Waals surface area contributed by atoms with Crippen molar-refractivity contribution in [1.29, 1.82) is 0 Å². The van der Waals surface area contributed by atoms with E-state index >= 15 is 0 Å². The molecule has 0 aliphatic rings.